The lowest BCUT2D eigenvalue weighted by Crippen LogP contribution is -2.05. The maximum absolute atomic E-state index is 5.80. The fraction of sp³-hybridized carbons (Fsp3) is 0.364. The van der Waals surface area contributed by atoms with Crippen molar-refractivity contribution in [3.05, 3.63) is 35.7 Å². The van der Waals surface area contributed by atoms with E-state index in [1.165, 1.54) is 4.80 Å². The number of aromatic nitrogens is 4. The predicted molar refractivity (Wildman–Crippen MR) is 62.2 cm³/mol. The number of nitrogens with zero attached hydrogens (tertiary/aromatic N) is 4. The van der Waals surface area contributed by atoms with Crippen molar-refractivity contribution >= 4 is 0 Å². The Morgan fingerprint density at radius 3 is 2.94 bits per heavy atom. The van der Waals surface area contributed by atoms with Crippen molar-refractivity contribution in [3.63, 3.8) is 0 Å². The van der Waals surface area contributed by atoms with E-state index in [1.54, 1.807) is 7.05 Å². The molecule has 1 aromatic heterocycles. The first-order valence-electron chi connectivity index (χ1n) is 5.36. The molecule has 1 aromatic carbocycles. The van der Waals surface area contributed by atoms with E-state index in [0.717, 1.165) is 11.3 Å². The second-order valence-electron chi connectivity index (χ2n) is 3.84. The highest BCUT2D eigenvalue weighted by Gasteiger charge is 2.04. The molecule has 0 bridgehead atoms. The number of hydrogen-bond acceptors (Lipinski definition) is 5. The number of hydrogen-bond donors (Lipinski definition) is 1. The van der Waals surface area contributed by atoms with Crippen molar-refractivity contribution < 1.29 is 4.74 Å². The molecule has 0 aliphatic carbocycles. The molecule has 2 rings (SSSR count). The van der Waals surface area contributed by atoms with Crippen molar-refractivity contribution in [2.24, 2.45) is 12.8 Å². The standard InChI is InChI=1S/C11H15N5O/c1-8(12)9-4-3-5-10(6-9)17-7-11-13-15-16(2)14-11/h3-6,8H,7,12H2,1-2H3/t8-/m1/s1. The van der Waals surface area contributed by atoms with Crippen molar-refractivity contribution in [3.8, 4) is 5.75 Å². The third-order valence-corrected chi connectivity index (χ3v) is 2.30. The summed E-state index contributed by atoms with van der Waals surface area (Å²) < 4.78 is 5.56. The second kappa shape index (κ2) is 4.92. The van der Waals surface area contributed by atoms with Gasteiger partial charge < -0.3 is 10.5 Å². The lowest BCUT2D eigenvalue weighted by Gasteiger charge is -2.08. The summed E-state index contributed by atoms with van der Waals surface area (Å²) in [6.45, 7) is 2.24. The van der Waals surface area contributed by atoms with Crippen LogP contribution in [-0.2, 0) is 13.7 Å². The van der Waals surface area contributed by atoms with Crippen molar-refractivity contribution in [1.82, 2.24) is 20.2 Å². The zero-order valence-electron chi connectivity index (χ0n) is 9.87. The molecule has 1 atom stereocenters. The number of benzene rings is 1. The zero-order valence-corrected chi connectivity index (χ0v) is 9.87. The Bertz CT molecular complexity index is 494. The van der Waals surface area contributed by atoms with Gasteiger partial charge in [-0.3, -0.25) is 0 Å². The summed E-state index contributed by atoms with van der Waals surface area (Å²) in [6, 6.07) is 7.67. The Hall–Kier alpha value is -1.95. The van der Waals surface area contributed by atoms with E-state index in [9.17, 15) is 0 Å². The number of aryl methyl sites for hydroxylation is 1. The Morgan fingerprint density at radius 2 is 2.29 bits per heavy atom. The summed E-state index contributed by atoms with van der Waals surface area (Å²) >= 11 is 0. The highest BCUT2D eigenvalue weighted by Crippen LogP contribution is 2.18. The van der Waals surface area contributed by atoms with Gasteiger partial charge >= 0.3 is 0 Å². The molecule has 0 aliphatic heterocycles. The van der Waals surface area contributed by atoms with Crippen molar-refractivity contribution in [2.75, 3.05) is 0 Å². The van der Waals surface area contributed by atoms with Crippen LogP contribution in [0.15, 0.2) is 24.3 Å². The summed E-state index contributed by atoms with van der Waals surface area (Å²) in [7, 11) is 1.72. The van der Waals surface area contributed by atoms with Gasteiger partial charge in [0.2, 0.25) is 5.82 Å². The molecule has 1 heterocycles. The fourth-order valence-electron chi connectivity index (χ4n) is 1.42. The van der Waals surface area contributed by atoms with E-state index >= 15 is 0 Å². The number of ether oxygens (including phenoxy) is 1. The van der Waals surface area contributed by atoms with Crippen molar-refractivity contribution in [2.45, 2.75) is 19.6 Å². The average molecular weight is 233 g/mol. The van der Waals surface area contributed by atoms with Crippen LogP contribution in [0.1, 0.15) is 24.4 Å². The van der Waals surface area contributed by atoms with E-state index in [4.69, 9.17) is 10.5 Å². The van der Waals surface area contributed by atoms with E-state index in [-0.39, 0.29) is 6.04 Å². The van der Waals surface area contributed by atoms with Crippen LogP contribution in [-0.4, -0.2) is 20.2 Å². The van der Waals surface area contributed by atoms with Gasteiger partial charge in [0.15, 0.2) is 6.61 Å². The average Bonchev–Trinajstić information content (AvgIpc) is 2.73. The lowest BCUT2D eigenvalue weighted by molar-refractivity contribution is 0.295. The summed E-state index contributed by atoms with van der Waals surface area (Å²) in [5.74, 6) is 1.31. The molecule has 0 aliphatic rings. The summed E-state index contributed by atoms with van der Waals surface area (Å²) in [4.78, 5) is 1.40. The van der Waals surface area contributed by atoms with Crippen LogP contribution < -0.4 is 10.5 Å². The molecule has 6 heteroatoms. The minimum absolute atomic E-state index is 0.00630. The first-order chi connectivity index (χ1) is 8.15. The highest BCUT2D eigenvalue weighted by atomic mass is 16.5. The Morgan fingerprint density at radius 1 is 1.47 bits per heavy atom. The monoisotopic (exact) mass is 233 g/mol. The van der Waals surface area contributed by atoms with Crippen LogP contribution in [0.25, 0.3) is 0 Å². The molecule has 6 nitrogen and oxygen atoms in total. The molecule has 0 saturated heterocycles. The Kier molecular flexibility index (Phi) is 3.34. The van der Waals surface area contributed by atoms with Gasteiger partial charge in [-0.2, -0.15) is 4.80 Å². The zero-order chi connectivity index (χ0) is 12.3. The molecule has 0 spiro atoms. The molecule has 90 valence electrons. The quantitative estimate of drug-likeness (QED) is 0.845. The van der Waals surface area contributed by atoms with Crippen molar-refractivity contribution in [1.29, 1.82) is 0 Å². The van der Waals surface area contributed by atoms with Crippen LogP contribution in [0, 0.1) is 0 Å². The summed E-state index contributed by atoms with van der Waals surface area (Å²) in [5, 5.41) is 11.6. The Labute approximate surface area is 99.4 Å². The van der Waals surface area contributed by atoms with Crippen LogP contribution in [0.5, 0.6) is 5.75 Å². The molecule has 0 saturated carbocycles. The van der Waals surface area contributed by atoms with Gasteiger partial charge in [0, 0.05) is 6.04 Å². The van der Waals surface area contributed by atoms with Crippen LogP contribution >= 0.6 is 0 Å². The first kappa shape index (κ1) is 11.5. The maximum atomic E-state index is 5.80. The minimum Gasteiger partial charge on any atom is -0.485 e. The van der Waals surface area contributed by atoms with Gasteiger partial charge in [-0.1, -0.05) is 12.1 Å². The molecule has 0 amide bonds. The van der Waals surface area contributed by atoms with Gasteiger partial charge in [-0.05, 0) is 29.8 Å². The second-order valence-corrected chi connectivity index (χ2v) is 3.84. The maximum Gasteiger partial charge on any atom is 0.212 e. The molecular weight excluding hydrogens is 218 g/mol. The molecule has 0 fully saturated rings. The smallest absolute Gasteiger partial charge is 0.212 e. The lowest BCUT2D eigenvalue weighted by atomic mass is 10.1. The normalized spacial score (nSPS) is 12.4. The van der Waals surface area contributed by atoms with Crippen LogP contribution in [0.2, 0.25) is 0 Å². The van der Waals surface area contributed by atoms with E-state index in [2.05, 4.69) is 15.4 Å². The largest absolute Gasteiger partial charge is 0.485 e. The molecule has 0 unspecified atom stereocenters. The number of nitrogens with two attached hydrogens (primary N) is 1. The van der Waals surface area contributed by atoms with Gasteiger partial charge in [0.1, 0.15) is 5.75 Å². The predicted octanol–water partition coefficient (Wildman–Crippen LogP) is 0.809. The van der Waals surface area contributed by atoms with E-state index in [0.29, 0.717) is 12.4 Å². The number of rotatable bonds is 4. The first-order valence-corrected chi connectivity index (χ1v) is 5.36. The molecule has 2 N–H and O–H groups in total. The summed E-state index contributed by atoms with van der Waals surface area (Å²) in [6.07, 6.45) is 0. The van der Waals surface area contributed by atoms with Crippen LogP contribution in [0.3, 0.4) is 0 Å². The number of tetrazole rings is 1. The van der Waals surface area contributed by atoms with Gasteiger partial charge in [0.05, 0.1) is 7.05 Å². The SMILES string of the molecule is C[C@@H](N)c1cccc(OCc2nnn(C)n2)c1. The fourth-order valence-corrected chi connectivity index (χ4v) is 1.42. The Balaban J connectivity index is 2.01. The van der Waals surface area contributed by atoms with E-state index in [1.807, 2.05) is 31.2 Å². The topological polar surface area (TPSA) is 78.9 Å². The summed E-state index contributed by atoms with van der Waals surface area (Å²) in [5.41, 5.74) is 6.84. The van der Waals surface area contributed by atoms with Gasteiger partial charge in [0.25, 0.3) is 0 Å². The third-order valence-electron chi connectivity index (χ3n) is 2.30. The third kappa shape index (κ3) is 3.01. The van der Waals surface area contributed by atoms with Gasteiger partial charge in [-0.15, -0.1) is 10.2 Å². The van der Waals surface area contributed by atoms with Gasteiger partial charge in [-0.25, -0.2) is 0 Å². The molecule has 17 heavy (non-hydrogen) atoms. The molecule has 2 aromatic rings. The van der Waals surface area contributed by atoms with Crippen LogP contribution in [0.4, 0.5) is 0 Å². The minimum atomic E-state index is -0.00630. The van der Waals surface area contributed by atoms with E-state index < -0.39 is 0 Å². The molecule has 0 radical (unpaired) electrons. The molecular formula is C11H15N5O. The highest BCUT2D eigenvalue weighted by molar-refractivity contribution is 5.30.